The third-order valence-corrected chi connectivity index (χ3v) is 4.28. The molecular formula is C15H23NO3. The highest BCUT2D eigenvalue weighted by molar-refractivity contribution is 5.81. The van der Waals surface area contributed by atoms with Gasteiger partial charge in [-0.2, -0.15) is 0 Å². The van der Waals surface area contributed by atoms with E-state index in [1.165, 1.54) is 25.3 Å². The predicted molar refractivity (Wildman–Crippen MR) is 72.7 cm³/mol. The molecule has 2 rings (SSSR count). The zero-order valence-corrected chi connectivity index (χ0v) is 11.4. The van der Waals surface area contributed by atoms with Crippen molar-refractivity contribution in [2.45, 2.75) is 63.8 Å². The molecule has 106 valence electrons. The van der Waals surface area contributed by atoms with Crippen molar-refractivity contribution in [3.63, 3.8) is 0 Å². The monoisotopic (exact) mass is 265 g/mol. The molecule has 2 saturated carbocycles. The molecule has 0 bridgehead atoms. The van der Waals surface area contributed by atoms with Crippen LogP contribution in [0.2, 0.25) is 0 Å². The smallest absolute Gasteiger partial charge is 0.328 e. The summed E-state index contributed by atoms with van der Waals surface area (Å²) in [6, 6.07) is 0.372. The van der Waals surface area contributed by atoms with Crippen LogP contribution in [0.3, 0.4) is 0 Å². The highest BCUT2D eigenvalue weighted by Crippen LogP contribution is 2.29. The molecule has 1 amide bonds. The van der Waals surface area contributed by atoms with Gasteiger partial charge in [-0.15, -0.1) is 0 Å². The maximum atomic E-state index is 12.1. The fraction of sp³-hybridized carbons (Fsp3) is 0.733. The van der Waals surface area contributed by atoms with Crippen LogP contribution in [0.25, 0.3) is 0 Å². The van der Waals surface area contributed by atoms with E-state index in [1.54, 1.807) is 0 Å². The predicted octanol–water partition coefficient (Wildman–Crippen LogP) is 2.64. The number of carbonyl (C=O) groups excluding carboxylic acids is 1. The minimum absolute atomic E-state index is 0.0767. The number of rotatable bonds is 3. The molecule has 0 aromatic carbocycles. The summed E-state index contributed by atoms with van der Waals surface area (Å²) >= 11 is 0. The van der Waals surface area contributed by atoms with Gasteiger partial charge in [0.2, 0.25) is 5.91 Å². The second kappa shape index (κ2) is 6.73. The Bertz CT molecular complexity index is 360. The standard InChI is InChI=1S/C15H23NO3/c17-14(18)10-11-6-8-12(9-7-11)15(19)16-13-4-2-1-3-5-13/h10,12-13H,1-9H2,(H,16,19)(H,17,18). The maximum Gasteiger partial charge on any atom is 0.328 e. The van der Waals surface area contributed by atoms with Crippen LogP contribution in [-0.4, -0.2) is 23.0 Å². The van der Waals surface area contributed by atoms with E-state index in [1.807, 2.05) is 0 Å². The first kappa shape index (κ1) is 14.1. The van der Waals surface area contributed by atoms with Crippen molar-refractivity contribution < 1.29 is 14.7 Å². The number of aliphatic carboxylic acids is 1. The van der Waals surface area contributed by atoms with Gasteiger partial charge in [0.15, 0.2) is 0 Å². The lowest BCUT2D eigenvalue weighted by Gasteiger charge is -2.27. The first-order chi connectivity index (χ1) is 9.15. The molecule has 2 fully saturated rings. The number of nitrogens with one attached hydrogen (secondary N) is 1. The van der Waals surface area contributed by atoms with Gasteiger partial charge in [-0.3, -0.25) is 4.79 Å². The van der Waals surface area contributed by atoms with Gasteiger partial charge < -0.3 is 10.4 Å². The first-order valence-corrected chi connectivity index (χ1v) is 7.38. The average Bonchev–Trinajstić information content (AvgIpc) is 2.40. The van der Waals surface area contributed by atoms with Crippen molar-refractivity contribution in [2.24, 2.45) is 5.92 Å². The number of hydrogen-bond donors (Lipinski definition) is 2. The summed E-state index contributed by atoms with van der Waals surface area (Å²) in [7, 11) is 0. The lowest BCUT2D eigenvalue weighted by atomic mass is 9.84. The minimum Gasteiger partial charge on any atom is -0.478 e. The zero-order chi connectivity index (χ0) is 13.7. The van der Waals surface area contributed by atoms with E-state index in [4.69, 9.17) is 5.11 Å². The van der Waals surface area contributed by atoms with Gasteiger partial charge in [-0.1, -0.05) is 24.8 Å². The van der Waals surface area contributed by atoms with Crippen LogP contribution < -0.4 is 5.32 Å². The Hall–Kier alpha value is -1.32. The van der Waals surface area contributed by atoms with E-state index in [-0.39, 0.29) is 11.8 Å². The molecular weight excluding hydrogens is 242 g/mol. The highest BCUT2D eigenvalue weighted by Gasteiger charge is 2.25. The number of allylic oxidation sites excluding steroid dienone is 1. The summed E-state index contributed by atoms with van der Waals surface area (Å²) in [6.07, 6.45) is 10.3. The Morgan fingerprint density at radius 3 is 2.26 bits per heavy atom. The van der Waals surface area contributed by atoms with Gasteiger partial charge >= 0.3 is 5.97 Å². The summed E-state index contributed by atoms with van der Waals surface area (Å²) in [5.41, 5.74) is 0.967. The Labute approximate surface area is 114 Å². The first-order valence-electron chi connectivity index (χ1n) is 7.38. The highest BCUT2D eigenvalue weighted by atomic mass is 16.4. The molecule has 0 saturated heterocycles. The van der Waals surface area contributed by atoms with Crippen molar-refractivity contribution in [1.82, 2.24) is 5.32 Å². The molecule has 4 heteroatoms. The van der Waals surface area contributed by atoms with E-state index in [9.17, 15) is 9.59 Å². The van der Waals surface area contributed by atoms with Crippen molar-refractivity contribution in [3.05, 3.63) is 11.6 Å². The second-order valence-electron chi connectivity index (χ2n) is 5.76. The number of hydrogen-bond acceptors (Lipinski definition) is 2. The van der Waals surface area contributed by atoms with E-state index in [0.717, 1.165) is 44.1 Å². The largest absolute Gasteiger partial charge is 0.478 e. The van der Waals surface area contributed by atoms with Gasteiger partial charge in [0.25, 0.3) is 0 Å². The molecule has 0 aliphatic heterocycles. The number of carboxylic acids is 1. The van der Waals surface area contributed by atoms with E-state index >= 15 is 0 Å². The summed E-state index contributed by atoms with van der Waals surface area (Å²) in [4.78, 5) is 22.7. The summed E-state index contributed by atoms with van der Waals surface area (Å²) in [5.74, 6) is -0.616. The topological polar surface area (TPSA) is 66.4 Å². The van der Waals surface area contributed by atoms with Crippen LogP contribution >= 0.6 is 0 Å². The molecule has 19 heavy (non-hydrogen) atoms. The van der Waals surface area contributed by atoms with E-state index in [0.29, 0.717) is 6.04 Å². The fourth-order valence-electron chi connectivity index (χ4n) is 3.14. The summed E-state index contributed by atoms with van der Waals surface area (Å²) in [6.45, 7) is 0. The second-order valence-corrected chi connectivity index (χ2v) is 5.76. The van der Waals surface area contributed by atoms with Crippen LogP contribution in [0.5, 0.6) is 0 Å². The molecule has 2 N–H and O–H groups in total. The molecule has 4 nitrogen and oxygen atoms in total. The summed E-state index contributed by atoms with van der Waals surface area (Å²) < 4.78 is 0. The van der Waals surface area contributed by atoms with Crippen molar-refractivity contribution in [1.29, 1.82) is 0 Å². The Morgan fingerprint density at radius 2 is 1.68 bits per heavy atom. The van der Waals surface area contributed by atoms with Crippen LogP contribution in [0.15, 0.2) is 11.6 Å². The minimum atomic E-state index is -0.875. The van der Waals surface area contributed by atoms with Crippen molar-refractivity contribution in [2.75, 3.05) is 0 Å². The average molecular weight is 265 g/mol. The molecule has 0 radical (unpaired) electrons. The van der Waals surface area contributed by atoms with Crippen LogP contribution in [-0.2, 0) is 9.59 Å². The third kappa shape index (κ3) is 4.37. The Kier molecular flexibility index (Phi) is 5.00. The molecule has 2 aliphatic carbocycles. The molecule has 0 unspecified atom stereocenters. The lowest BCUT2D eigenvalue weighted by Crippen LogP contribution is -2.40. The van der Waals surface area contributed by atoms with Gasteiger partial charge in [0, 0.05) is 18.0 Å². The number of amides is 1. The molecule has 0 aromatic rings. The zero-order valence-electron chi connectivity index (χ0n) is 11.4. The van der Waals surface area contributed by atoms with E-state index in [2.05, 4.69) is 5.32 Å². The van der Waals surface area contributed by atoms with Crippen LogP contribution in [0.1, 0.15) is 57.8 Å². The van der Waals surface area contributed by atoms with Gasteiger partial charge in [-0.05, 0) is 38.5 Å². The van der Waals surface area contributed by atoms with Gasteiger partial charge in [-0.25, -0.2) is 4.79 Å². The number of carboxylic acid groups (broad SMARTS) is 1. The van der Waals surface area contributed by atoms with Crippen LogP contribution in [0, 0.1) is 5.92 Å². The maximum absolute atomic E-state index is 12.1. The van der Waals surface area contributed by atoms with Gasteiger partial charge in [0.1, 0.15) is 0 Å². The lowest BCUT2D eigenvalue weighted by molar-refractivity contribution is -0.131. The molecule has 0 atom stereocenters. The molecule has 0 aromatic heterocycles. The summed E-state index contributed by atoms with van der Waals surface area (Å²) in [5, 5.41) is 11.9. The van der Waals surface area contributed by atoms with Crippen molar-refractivity contribution in [3.8, 4) is 0 Å². The Balaban J connectivity index is 1.77. The third-order valence-electron chi connectivity index (χ3n) is 4.28. The fourth-order valence-corrected chi connectivity index (χ4v) is 3.14. The normalized spacial score (nSPS) is 24.8. The van der Waals surface area contributed by atoms with Gasteiger partial charge in [0.05, 0.1) is 0 Å². The number of carbonyl (C=O) groups is 2. The SMILES string of the molecule is O=C(O)C=C1CCC(C(=O)NC2CCCCC2)CC1. The quantitative estimate of drug-likeness (QED) is 0.771. The Morgan fingerprint density at radius 1 is 1.05 bits per heavy atom. The molecule has 0 heterocycles. The molecule has 2 aliphatic rings. The van der Waals surface area contributed by atoms with Crippen LogP contribution in [0.4, 0.5) is 0 Å². The van der Waals surface area contributed by atoms with E-state index < -0.39 is 5.97 Å². The molecule has 0 spiro atoms. The van der Waals surface area contributed by atoms with Crippen molar-refractivity contribution >= 4 is 11.9 Å².